The molecule has 0 aliphatic heterocycles. The van der Waals surface area contributed by atoms with E-state index in [0.717, 1.165) is 46.3 Å². The number of nitrogens with one attached hydrogen (secondary N) is 2. The number of anilines is 3. The van der Waals surface area contributed by atoms with Crippen molar-refractivity contribution in [3.8, 4) is 11.1 Å². The first kappa shape index (κ1) is 23.1. The highest BCUT2D eigenvalue weighted by Crippen LogP contribution is 2.34. The van der Waals surface area contributed by atoms with Gasteiger partial charge in [0.2, 0.25) is 5.95 Å². The van der Waals surface area contributed by atoms with E-state index in [1.54, 1.807) is 30.3 Å². The number of nitrogens with zero attached hydrogens (tertiary/aromatic N) is 2. The Balaban J connectivity index is 1.53. The number of aromatic nitrogens is 2. The van der Waals surface area contributed by atoms with E-state index in [4.69, 9.17) is 5.73 Å². The summed E-state index contributed by atoms with van der Waals surface area (Å²) in [6, 6.07) is 20.4. The van der Waals surface area contributed by atoms with Crippen molar-refractivity contribution in [2.24, 2.45) is 0 Å². The van der Waals surface area contributed by atoms with Crippen molar-refractivity contribution < 1.29 is 8.42 Å². The summed E-state index contributed by atoms with van der Waals surface area (Å²) in [6.45, 7) is 1.92. The standard InChI is InChI=1S/C27H29N5O2S/c1-18-11-14-21(15-12-18)35(33,34)32-25-10-6-5-9-22(25)19-13-16-24-23(17-19)26(31-27(28)30-24)29-20-7-3-2-4-8-20/h5-6,9-17,20,32H,2-4,7-8H2,1H3,(H3,28,29,30,31). The first-order valence-electron chi connectivity index (χ1n) is 11.9. The molecule has 1 heterocycles. The molecule has 0 bridgehead atoms. The third kappa shape index (κ3) is 5.07. The molecule has 0 spiro atoms. The van der Waals surface area contributed by atoms with Gasteiger partial charge in [-0.05, 0) is 55.7 Å². The Kier molecular flexibility index (Phi) is 6.30. The lowest BCUT2D eigenvalue weighted by atomic mass is 9.95. The molecule has 1 aliphatic rings. The Morgan fingerprint density at radius 2 is 1.66 bits per heavy atom. The number of nitrogen functional groups attached to an aromatic ring is 1. The second kappa shape index (κ2) is 9.54. The molecular weight excluding hydrogens is 458 g/mol. The highest BCUT2D eigenvalue weighted by molar-refractivity contribution is 7.92. The maximum atomic E-state index is 13.1. The quantitative estimate of drug-likeness (QED) is 0.320. The van der Waals surface area contributed by atoms with Crippen LogP contribution >= 0.6 is 0 Å². The molecule has 7 nitrogen and oxygen atoms in total. The number of para-hydroxylation sites is 1. The second-order valence-corrected chi connectivity index (χ2v) is 10.8. The van der Waals surface area contributed by atoms with E-state index in [1.165, 1.54) is 19.3 Å². The lowest BCUT2D eigenvalue weighted by molar-refractivity contribution is 0.462. The van der Waals surface area contributed by atoms with Gasteiger partial charge in [-0.1, -0.05) is 61.2 Å². The van der Waals surface area contributed by atoms with E-state index in [2.05, 4.69) is 20.0 Å². The van der Waals surface area contributed by atoms with E-state index >= 15 is 0 Å². The Hall–Kier alpha value is -3.65. The molecule has 0 unspecified atom stereocenters. The minimum atomic E-state index is -3.74. The average Bonchev–Trinajstić information content (AvgIpc) is 2.85. The summed E-state index contributed by atoms with van der Waals surface area (Å²) in [7, 11) is -3.74. The molecule has 180 valence electrons. The van der Waals surface area contributed by atoms with Crippen LogP contribution in [-0.4, -0.2) is 24.4 Å². The smallest absolute Gasteiger partial charge is 0.261 e. The van der Waals surface area contributed by atoms with Gasteiger partial charge in [0.15, 0.2) is 0 Å². The zero-order chi connectivity index (χ0) is 24.4. The number of fused-ring (bicyclic) bond motifs is 1. The summed E-state index contributed by atoms with van der Waals surface area (Å²) in [5.41, 5.74) is 9.88. The molecule has 4 N–H and O–H groups in total. The number of hydrogen-bond acceptors (Lipinski definition) is 6. The summed E-state index contributed by atoms with van der Waals surface area (Å²) in [5, 5.41) is 4.44. The van der Waals surface area contributed by atoms with Crippen LogP contribution in [0.25, 0.3) is 22.0 Å². The van der Waals surface area contributed by atoms with Crippen LogP contribution in [0.4, 0.5) is 17.5 Å². The predicted molar refractivity (Wildman–Crippen MR) is 142 cm³/mol. The number of sulfonamides is 1. The summed E-state index contributed by atoms with van der Waals surface area (Å²) >= 11 is 0. The van der Waals surface area contributed by atoms with Crippen LogP contribution in [0.2, 0.25) is 0 Å². The van der Waals surface area contributed by atoms with Gasteiger partial charge in [0, 0.05) is 17.0 Å². The summed E-state index contributed by atoms with van der Waals surface area (Å²) in [5.74, 6) is 0.953. The van der Waals surface area contributed by atoms with E-state index < -0.39 is 10.0 Å². The van der Waals surface area contributed by atoms with Gasteiger partial charge in [-0.15, -0.1) is 0 Å². The molecule has 35 heavy (non-hydrogen) atoms. The van der Waals surface area contributed by atoms with Crippen LogP contribution in [0, 0.1) is 6.92 Å². The molecule has 0 saturated heterocycles. The third-order valence-electron chi connectivity index (χ3n) is 6.47. The van der Waals surface area contributed by atoms with Gasteiger partial charge in [-0.3, -0.25) is 4.72 Å². The topological polar surface area (TPSA) is 110 Å². The lowest BCUT2D eigenvalue weighted by Gasteiger charge is -2.24. The fourth-order valence-electron chi connectivity index (χ4n) is 4.61. The Labute approximate surface area is 205 Å². The molecule has 8 heteroatoms. The SMILES string of the molecule is Cc1ccc(S(=O)(=O)Nc2ccccc2-c2ccc3nc(N)nc(NC4CCCCC4)c3c2)cc1. The minimum Gasteiger partial charge on any atom is -0.368 e. The maximum absolute atomic E-state index is 13.1. The van der Waals surface area contributed by atoms with E-state index in [0.29, 0.717) is 11.7 Å². The molecule has 0 atom stereocenters. The third-order valence-corrected chi connectivity index (χ3v) is 7.85. The second-order valence-electron chi connectivity index (χ2n) is 9.11. The van der Waals surface area contributed by atoms with Crippen molar-refractivity contribution in [3.63, 3.8) is 0 Å². The molecule has 0 amide bonds. The highest BCUT2D eigenvalue weighted by atomic mass is 32.2. The van der Waals surface area contributed by atoms with E-state index in [-0.39, 0.29) is 10.8 Å². The molecule has 1 aromatic heterocycles. The van der Waals surface area contributed by atoms with Crippen LogP contribution in [0.1, 0.15) is 37.7 Å². The number of benzene rings is 3. The van der Waals surface area contributed by atoms with Crippen molar-refractivity contribution in [1.29, 1.82) is 0 Å². The first-order valence-corrected chi connectivity index (χ1v) is 13.4. The van der Waals surface area contributed by atoms with Gasteiger partial charge in [-0.2, -0.15) is 4.98 Å². The van der Waals surface area contributed by atoms with Crippen molar-refractivity contribution in [2.45, 2.75) is 50.0 Å². The fourth-order valence-corrected chi connectivity index (χ4v) is 5.69. The van der Waals surface area contributed by atoms with Gasteiger partial charge >= 0.3 is 0 Å². The number of nitrogens with two attached hydrogens (primary N) is 1. The Morgan fingerprint density at radius 3 is 2.43 bits per heavy atom. The van der Waals surface area contributed by atoms with Crippen molar-refractivity contribution >= 4 is 38.4 Å². The monoisotopic (exact) mass is 487 g/mol. The molecular formula is C27H29N5O2S. The first-order chi connectivity index (χ1) is 16.9. The van der Waals surface area contributed by atoms with Crippen molar-refractivity contribution in [3.05, 3.63) is 72.3 Å². The van der Waals surface area contributed by atoms with Gasteiger partial charge in [0.05, 0.1) is 16.1 Å². The largest absolute Gasteiger partial charge is 0.368 e. The van der Waals surface area contributed by atoms with Crippen LogP contribution in [0.5, 0.6) is 0 Å². The van der Waals surface area contributed by atoms with Crippen LogP contribution in [0.3, 0.4) is 0 Å². The molecule has 1 aliphatic carbocycles. The highest BCUT2D eigenvalue weighted by Gasteiger charge is 2.19. The van der Waals surface area contributed by atoms with E-state index in [9.17, 15) is 8.42 Å². The molecule has 4 aromatic rings. The molecule has 3 aromatic carbocycles. The van der Waals surface area contributed by atoms with Crippen LogP contribution in [-0.2, 0) is 10.0 Å². The maximum Gasteiger partial charge on any atom is 0.261 e. The number of aryl methyl sites for hydroxylation is 1. The van der Waals surface area contributed by atoms with Crippen LogP contribution in [0.15, 0.2) is 71.6 Å². The van der Waals surface area contributed by atoms with E-state index in [1.807, 2.05) is 43.3 Å². The van der Waals surface area contributed by atoms with Gasteiger partial charge in [0.25, 0.3) is 10.0 Å². The Bertz CT molecular complexity index is 1460. The van der Waals surface area contributed by atoms with Crippen LogP contribution < -0.4 is 15.8 Å². The zero-order valence-electron chi connectivity index (χ0n) is 19.7. The summed E-state index contributed by atoms with van der Waals surface area (Å²) in [6.07, 6.45) is 5.89. The molecule has 1 saturated carbocycles. The average molecular weight is 488 g/mol. The number of hydrogen-bond donors (Lipinski definition) is 3. The lowest BCUT2D eigenvalue weighted by Crippen LogP contribution is -2.23. The van der Waals surface area contributed by atoms with Crippen molar-refractivity contribution in [1.82, 2.24) is 9.97 Å². The molecule has 5 rings (SSSR count). The Morgan fingerprint density at radius 1 is 0.914 bits per heavy atom. The van der Waals surface area contributed by atoms with Gasteiger partial charge < -0.3 is 11.1 Å². The zero-order valence-corrected chi connectivity index (χ0v) is 20.5. The van der Waals surface area contributed by atoms with Crippen molar-refractivity contribution in [2.75, 3.05) is 15.8 Å². The molecule has 0 radical (unpaired) electrons. The fraction of sp³-hybridized carbons (Fsp3) is 0.259. The summed E-state index contributed by atoms with van der Waals surface area (Å²) < 4.78 is 28.9. The summed E-state index contributed by atoms with van der Waals surface area (Å²) in [4.78, 5) is 9.13. The predicted octanol–water partition coefficient (Wildman–Crippen LogP) is 5.73. The molecule has 1 fully saturated rings. The number of rotatable bonds is 6. The van der Waals surface area contributed by atoms with Gasteiger partial charge in [0.1, 0.15) is 5.82 Å². The minimum absolute atomic E-state index is 0.222. The van der Waals surface area contributed by atoms with Gasteiger partial charge in [-0.25, -0.2) is 13.4 Å². The normalized spacial score (nSPS) is 14.7.